The van der Waals surface area contributed by atoms with Crippen LogP contribution in [0.4, 0.5) is 11.4 Å². The monoisotopic (exact) mass is 463 g/mol. The fourth-order valence-electron chi connectivity index (χ4n) is 2.92. The fourth-order valence-corrected chi connectivity index (χ4v) is 3.88. The molecule has 0 radical (unpaired) electrons. The lowest BCUT2D eigenvalue weighted by molar-refractivity contribution is -0.384. The smallest absolute Gasteiger partial charge is 0.270 e. The van der Waals surface area contributed by atoms with Gasteiger partial charge in [0, 0.05) is 35.7 Å². The van der Waals surface area contributed by atoms with Gasteiger partial charge in [-0.3, -0.25) is 19.9 Å². The van der Waals surface area contributed by atoms with E-state index in [1.54, 1.807) is 23.9 Å². The van der Waals surface area contributed by atoms with E-state index in [0.29, 0.717) is 5.56 Å². The lowest BCUT2D eigenvalue weighted by Crippen LogP contribution is -2.36. The minimum absolute atomic E-state index is 0. The zero-order valence-electron chi connectivity index (χ0n) is 15.8. The Balaban J connectivity index is 0.00000280. The third-order valence-corrected chi connectivity index (χ3v) is 5.66. The molecule has 0 aromatic heterocycles. The number of aryl methyl sites for hydroxylation is 1. The molecule has 1 heterocycles. The molecule has 3 rings (SSSR count). The third-order valence-electron chi connectivity index (χ3n) is 4.56. The van der Waals surface area contributed by atoms with Crippen molar-refractivity contribution in [3.8, 4) is 0 Å². The van der Waals surface area contributed by atoms with Crippen molar-refractivity contribution in [2.45, 2.75) is 20.3 Å². The number of thioether (sulfide) groups is 1. The normalized spacial score (nSPS) is 13.3. The van der Waals surface area contributed by atoms with Crippen molar-refractivity contribution < 1.29 is 9.72 Å². The van der Waals surface area contributed by atoms with Gasteiger partial charge in [0.2, 0.25) is 0 Å². The van der Waals surface area contributed by atoms with E-state index in [0.717, 1.165) is 40.7 Å². The molecule has 0 bridgehead atoms. The van der Waals surface area contributed by atoms with Gasteiger partial charge in [-0.1, -0.05) is 36.0 Å². The molecule has 0 saturated heterocycles. The largest absolute Gasteiger partial charge is 0.313 e. The average molecular weight is 464 g/mol. The highest BCUT2D eigenvalue weighted by Gasteiger charge is 2.23. The topological polar surface area (TPSA) is 75.8 Å². The van der Waals surface area contributed by atoms with E-state index in [-0.39, 0.29) is 35.0 Å². The number of amidine groups is 1. The van der Waals surface area contributed by atoms with Gasteiger partial charge in [-0.2, -0.15) is 0 Å². The molecule has 148 valence electrons. The highest BCUT2D eigenvalue weighted by atomic mass is 79.9. The Hall–Kier alpha value is -2.19. The first-order valence-corrected chi connectivity index (χ1v) is 9.74. The minimum Gasteiger partial charge on any atom is -0.313 e. The lowest BCUT2D eigenvalue weighted by atomic mass is 10.1. The second-order valence-electron chi connectivity index (χ2n) is 6.40. The quantitative estimate of drug-likeness (QED) is 0.355. The predicted molar refractivity (Wildman–Crippen MR) is 120 cm³/mol. The second-order valence-corrected chi connectivity index (χ2v) is 7.46. The molecular weight excluding hydrogens is 442 g/mol. The van der Waals surface area contributed by atoms with Crippen LogP contribution in [0, 0.1) is 24.0 Å². The van der Waals surface area contributed by atoms with Crippen molar-refractivity contribution in [2.75, 3.05) is 23.7 Å². The summed E-state index contributed by atoms with van der Waals surface area (Å²) in [4.78, 5) is 30.0. The molecule has 0 spiro atoms. The number of ketones is 1. The number of halogens is 1. The summed E-state index contributed by atoms with van der Waals surface area (Å²) in [6, 6.07) is 11.9. The molecule has 1 aliphatic heterocycles. The van der Waals surface area contributed by atoms with Gasteiger partial charge in [-0.15, -0.1) is 17.0 Å². The molecule has 28 heavy (non-hydrogen) atoms. The summed E-state index contributed by atoms with van der Waals surface area (Å²) in [6.07, 6.45) is 1.02. The van der Waals surface area contributed by atoms with E-state index in [4.69, 9.17) is 0 Å². The van der Waals surface area contributed by atoms with E-state index >= 15 is 0 Å². The number of nitro benzene ring substituents is 1. The first-order valence-electron chi connectivity index (χ1n) is 8.76. The van der Waals surface area contributed by atoms with Crippen molar-refractivity contribution in [1.29, 1.82) is 0 Å². The molecule has 0 aliphatic carbocycles. The Bertz CT molecular complexity index is 917. The van der Waals surface area contributed by atoms with E-state index in [1.807, 2.05) is 36.9 Å². The highest BCUT2D eigenvalue weighted by molar-refractivity contribution is 8.93. The Morgan fingerprint density at radius 2 is 2.00 bits per heavy atom. The number of non-ortho nitro benzene ring substituents is 1. The van der Waals surface area contributed by atoms with Gasteiger partial charge < -0.3 is 4.90 Å². The van der Waals surface area contributed by atoms with Gasteiger partial charge in [-0.05, 0) is 37.5 Å². The molecule has 2 aromatic carbocycles. The maximum absolute atomic E-state index is 12.9. The van der Waals surface area contributed by atoms with Crippen LogP contribution < -0.4 is 4.90 Å². The number of Topliss-reactive ketones (excluding diaryl/α,β-unsaturated/α-hetero) is 1. The van der Waals surface area contributed by atoms with Crippen molar-refractivity contribution in [3.63, 3.8) is 0 Å². The summed E-state index contributed by atoms with van der Waals surface area (Å²) in [5, 5.41) is 11.8. The number of hydrogen-bond donors (Lipinski definition) is 0. The number of benzene rings is 2. The Labute approximate surface area is 179 Å². The standard InChI is InChI=1S/C20H21N3O3S.BrH/c1-14-6-3-9-18(15(14)2)22(20-21-10-5-11-27-20)13-19(24)16-7-4-8-17(12-16)23(25)26;/h3-4,6-9,12H,5,10-11,13H2,1-2H3;1H. The van der Waals surface area contributed by atoms with Crippen LogP contribution in [0.25, 0.3) is 0 Å². The molecular formula is C20H22BrN3O3S. The van der Waals surface area contributed by atoms with Gasteiger partial charge in [0.25, 0.3) is 5.69 Å². The van der Waals surface area contributed by atoms with Crippen LogP contribution in [-0.4, -0.2) is 34.7 Å². The molecule has 0 saturated carbocycles. The summed E-state index contributed by atoms with van der Waals surface area (Å²) in [5.41, 5.74) is 3.44. The number of nitro groups is 1. The zero-order valence-corrected chi connectivity index (χ0v) is 18.3. The summed E-state index contributed by atoms with van der Waals surface area (Å²) >= 11 is 1.64. The number of rotatable bonds is 5. The minimum atomic E-state index is -0.486. The number of hydrogen-bond acceptors (Lipinski definition) is 6. The van der Waals surface area contributed by atoms with Crippen molar-refractivity contribution in [3.05, 3.63) is 69.3 Å². The first kappa shape index (κ1) is 22.1. The van der Waals surface area contributed by atoms with Gasteiger partial charge in [0.15, 0.2) is 11.0 Å². The van der Waals surface area contributed by atoms with Crippen LogP contribution in [0.1, 0.15) is 27.9 Å². The lowest BCUT2D eigenvalue weighted by Gasteiger charge is -2.29. The average Bonchev–Trinajstić information content (AvgIpc) is 2.69. The van der Waals surface area contributed by atoms with Gasteiger partial charge in [0.1, 0.15) is 0 Å². The summed E-state index contributed by atoms with van der Waals surface area (Å²) < 4.78 is 0. The van der Waals surface area contributed by atoms with Crippen LogP contribution >= 0.6 is 28.7 Å². The van der Waals surface area contributed by atoms with Gasteiger partial charge in [0.05, 0.1) is 11.5 Å². The number of carbonyl (C=O) groups is 1. The van der Waals surface area contributed by atoms with Gasteiger partial charge >= 0.3 is 0 Å². The Morgan fingerprint density at radius 3 is 2.68 bits per heavy atom. The number of nitrogens with zero attached hydrogens (tertiary/aromatic N) is 3. The number of carbonyl (C=O) groups excluding carboxylic acids is 1. The number of anilines is 1. The fraction of sp³-hybridized carbons (Fsp3) is 0.300. The summed E-state index contributed by atoms with van der Waals surface area (Å²) in [7, 11) is 0. The van der Waals surface area contributed by atoms with Crippen LogP contribution in [-0.2, 0) is 0 Å². The van der Waals surface area contributed by atoms with Gasteiger partial charge in [-0.25, -0.2) is 0 Å². The molecule has 8 heteroatoms. The Kier molecular flexibility index (Phi) is 7.77. The zero-order chi connectivity index (χ0) is 19.4. The maximum Gasteiger partial charge on any atom is 0.270 e. The summed E-state index contributed by atoms with van der Waals surface area (Å²) in [5.74, 6) is 0.791. The van der Waals surface area contributed by atoms with E-state index in [1.165, 1.54) is 12.1 Å². The molecule has 0 atom stereocenters. The SMILES string of the molecule is Br.Cc1cccc(N(CC(=O)c2cccc([N+](=O)[O-])c2)C2=NCCCS2)c1C. The van der Waals surface area contributed by atoms with E-state index in [2.05, 4.69) is 4.99 Å². The molecule has 0 fully saturated rings. The molecule has 1 aliphatic rings. The number of aliphatic imine (C=N–C) groups is 1. The van der Waals surface area contributed by atoms with Crippen LogP contribution in [0.15, 0.2) is 47.5 Å². The highest BCUT2D eigenvalue weighted by Crippen LogP contribution is 2.28. The first-order chi connectivity index (χ1) is 13.0. The Morgan fingerprint density at radius 1 is 1.25 bits per heavy atom. The molecule has 2 aromatic rings. The molecule has 0 N–H and O–H groups in total. The van der Waals surface area contributed by atoms with Crippen molar-refractivity contribution in [1.82, 2.24) is 0 Å². The van der Waals surface area contributed by atoms with Crippen LogP contribution in [0.5, 0.6) is 0 Å². The van der Waals surface area contributed by atoms with E-state index in [9.17, 15) is 14.9 Å². The van der Waals surface area contributed by atoms with Crippen LogP contribution in [0.3, 0.4) is 0 Å². The molecule has 0 amide bonds. The molecule has 6 nitrogen and oxygen atoms in total. The van der Waals surface area contributed by atoms with Crippen molar-refractivity contribution >= 4 is 51.1 Å². The van der Waals surface area contributed by atoms with E-state index < -0.39 is 4.92 Å². The third kappa shape index (κ3) is 4.99. The van der Waals surface area contributed by atoms with Crippen molar-refractivity contribution in [2.24, 2.45) is 4.99 Å². The maximum atomic E-state index is 12.9. The summed E-state index contributed by atoms with van der Waals surface area (Å²) in [6.45, 7) is 4.91. The van der Waals surface area contributed by atoms with Crippen LogP contribution in [0.2, 0.25) is 0 Å². The second kappa shape index (κ2) is 9.84. The molecule has 0 unspecified atom stereocenters. The predicted octanol–water partition coefficient (Wildman–Crippen LogP) is 4.97.